The normalized spacial score (nSPS) is 30.8. The molecular weight excluding hydrogens is 162 g/mol. The minimum absolute atomic E-state index is 0.0797. The van der Waals surface area contributed by atoms with Crippen molar-refractivity contribution in [2.24, 2.45) is 0 Å². The first-order chi connectivity index (χ1) is 6.26. The average Bonchev–Trinajstić information content (AvgIpc) is 2.17. The molecule has 1 aliphatic rings. The van der Waals surface area contributed by atoms with E-state index in [1.54, 1.807) is 0 Å². The Morgan fingerprint density at radius 1 is 1.46 bits per heavy atom. The minimum Gasteiger partial charge on any atom is -0.393 e. The lowest BCUT2D eigenvalue weighted by Crippen LogP contribution is -2.40. The van der Waals surface area contributed by atoms with Crippen LogP contribution in [-0.2, 0) is 0 Å². The molecule has 1 unspecified atom stereocenters. The third-order valence-corrected chi connectivity index (χ3v) is 2.74. The summed E-state index contributed by atoms with van der Waals surface area (Å²) in [5.41, 5.74) is 0. The van der Waals surface area contributed by atoms with E-state index in [-0.39, 0.29) is 12.1 Å². The average molecular weight is 181 g/mol. The van der Waals surface area contributed by atoms with Crippen LogP contribution < -0.4 is 5.32 Å². The smallest absolute Gasteiger partial charge is 0.0686 e. The maximum absolute atomic E-state index is 9.31. The molecular formula is C11H19NO. The standard InChI is InChI=1S/C11H19NO/c1-3-9(4-2)12-10-5-7-11(13)8-6-10/h1,9-13H,4-8H2,2H3. The van der Waals surface area contributed by atoms with Crippen LogP contribution in [0, 0.1) is 12.3 Å². The molecule has 2 N–H and O–H groups in total. The van der Waals surface area contributed by atoms with Crippen molar-refractivity contribution in [2.75, 3.05) is 0 Å². The lowest BCUT2D eigenvalue weighted by Gasteiger charge is -2.28. The molecule has 0 spiro atoms. The number of rotatable bonds is 3. The van der Waals surface area contributed by atoms with E-state index < -0.39 is 0 Å². The van der Waals surface area contributed by atoms with E-state index in [0.29, 0.717) is 6.04 Å². The molecule has 1 saturated carbocycles. The molecule has 1 fully saturated rings. The van der Waals surface area contributed by atoms with Gasteiger partial charge in [-0.05, 0) is 32.1 Å². The molecule has 0 radical (unpaired) electrons. The number of aliphatic hydroxyl groups excluding tert-OH is 1. The van der Waals surface area contributed by atoms with Crippen LogP contribution in [0.15, 0.2) is 0 Å². The lowest BCUT2D eigenvalue weighted by molar-refractivity contribution is 0.115. The highest BCUT2D eigenvalue weighted by Gasteiger charge is 2.20. The van der Waals surface area contributed by atoms with Gasteiger partial charge in [0.05, 0.1) is 12.1 Å². The molecule has 0 bridgehead atoms. The Morgan fingerprint density at radius 3 is 2.54 bits per heavy atom. The second-order valence-corrected chi connectivity index (χ2v) is 3.80. The fourth-order valence-electron chi connectivity index (χ4n) is 1.81. The molecule has 0 amide bonds. The first-order valence-electron chi connectivity index (χ1n) is 5.16. The van der Waals surface area contributed by atoms with Gasteiger partial charge in [-0.1, -0.05) is 12.8 Å². The zero-order valence-corrected chi connectivity index (χ0v) is 8.29. The van der Waals surface area contributed by atoms with Crippen molar-refractivity contribution >= 4 is 0 Å². The van der Waals surface area contributed by atoms with Crippen molar-refractivity contribution in [3.8, 4) is 12.3 Å². The Hall–Kier alpha value is -0.520. The fourth-order valence-corrected chi connectivity index (χ4v) is 1.81. The SMILES string of the molecule is C#CC(CC)NC1CCC(O)CC1. The van der Waals surface area contributed by atoms with Gasteiger partial charge in [0.1, 0.15) is 0 Å². The van der Waals surface area contributed by atoms with Crippen LogP contribution in [0.5, 0.6) is 0 Å². The molecule has 1 rings (SSSR count). The number of terminal acetylenes is 1. The van der Waals surface area contributed by atoms with Gasteiger partial charge in [-0.15, -0.1) is 6.42 Å². The van der Waals surface area contributed by atoms with Crippen LogP contribution in [0.1, 0.15) is 39.0 Å². The first-order valence-corrected chi connectivity index (χ1v) is 5.16. The second kappa shape index (κ2) is 5.26. The molecule has 0 aromatic heterocycles. The zero-order valence-electron chi connectivity index (χ0n) is 8.29. The maximum Gasteiger partial charge on any atom is 0.0686 e. The van der Waals surface area contributed by atoms with E-state index in [1.807, 2.05) is 0 Å². The van der Waals surface area contributed by atoms with Gasteiger partial charge in [0.25, 0.3) is 0 Å². The third kappa shape index (κ3) is 3.38. The quantitative estimate of drug-likeness (QED) is 0.643. The Bertz CT molecular complexity index is 177. The molecule has 0 aromatic carbocycles. The van der Waals surface area contributed by atoms with Crippen molar-refractivity contribution in [3.63, 3.8) is 0 Å². The Balaban J connectivity index is 2.26. The minimum atomic E-state index is -0.0797. The molecule has 0 saturated heterocycles. The summed E-state index contributed by atoms with van der Waals surface area (Å²) >= 11 is 0. The second-order valence-electron chi connectivity index (χ2n) is 3.80. The summed E-state index contributed by atoms with van der Waals surface area (Å²) in [6.45, 7) is 2.09. The number of nitrogens with one attached hydrogen (secondary N) is 1. The summed E-state index contributed by atoms with van der Waals surface area (Å²) in [6, 6.07) is 0.727. The van der Waals surface area contributed by atoms with Gasteiger partial charge < -0.3 is 10.4 Å². The summed E-state index contributed by atoms with van der Waals surface area (Å²) in [5, 5.41) is 12.7. The molecule has 1 atom stereocenters. The Morgan fingerprint density at radius 2 is 2.08 bits per heavy atom. The predicted molar refractivity (Wildman–Crippen MR) is 54.3 cm³/mol. The van der Waals surface area contributed by atoms with Gasteiger partial charge in [-0.2, -0.15) is 0 Å². The molecule has 0 aliphatic heterocycles. The summed E-state index contributed by atoms with van der Waals surface area (Å²) in [7, 11) is 0. The largest absolute Gasteiger partial charge is 0.393 e. The van der Waals surface area contributed by atoms with Crippen molar-refractivity contribution in [1.82, 2.24) is 5.32 Å². The highest BCUT2D eigenvalue weighted by atomic mass is 16.3. The summed E-state index contributed by atoms with van der Waals surface area (Å²) < 4.78 is 0. The maximum atomic E-state index is 9.31. The monoisotopic (exact) mass is 181 g/mol. The van der Waals surface area contributed by atoms with Crippen LogP contribution in [-0.4, -0.2) is 23.3 Å². The van der Waals surface area contributed by atoms with Crippen LogP contribution >= 0.6 is 0 Å². The van der Waals surface area contributed by atoms with Crippen molar-refractivity contribution in [2.45, 2.75) is 57.2 Å². The molecule has 0 aromatic rings. The number of hydrogen-bond donors (Lipinski definition) is 2. The van der Waals surface area contributed by atoms with Gasteiger partial charge in [0.15, 0.2) is 0 Å². The highest BCUT2D eigenvalue weighted by molar-refractivity contribution is 4.99. The highest BCUT2D eigenvalue weighted by Crippen LogP contribution is 2.18. The molecule has 1 aliphatic carbocycles. The van der Waals surface area contributed by atoms with E-state index >= 15 is 0 Å². The van der Waals surface area contributed by atoms with E-state index in [9.17, 15) is 5.11 Å². The van der Waals surface area contributed by atoms with Gasteiger partial charge >= 0.3 is 0 Å². The van der Waals surface area contributed by atoms with Crippen LogP contribution in [0.3, 0.4) is 0 Å². The van der Waals surface area contributed by atoms with Crippen LogP contribution in [0.2, 0.25) is 0 Å². The molecule has 2 nitrogen and oxygen atoms in total. The fraction of sp³-hybridized carbons (Fsp3) is 0.818. The topological polar surface area (TPSA) is 32.3 Å². The van der Waals surface area contributed by atoms with E-state index in [2.05, 4.69) is 18.2 Å². The molecule has 0 heterocycles. The van der Waals surface area contributed by atoms with Gasteiger partial charge in [0, 0.05) is 6.04 Å². The predicted octanol–water partition coefficient (Wildman–Crippen LogP) is 1.29. The van der Waals surface area contributed by atoms with Crippen molar-refractivity contribution in [1.29, 1.82) is 0 Å². The van der Waals surface area contributed by atoms with Gasteiger partial charge in [-0.25, -0.2) is 0 Å². The van der Waals surface area contributed by atoms with Gasteiger partial charge in [-0.3, -0.25) is 0 Å². The summed E-state index contributed by atoms with van der Waals surface area (Å²) in [6.07, 6.45) is 10.2. The van der Waals surface area contributed by atoms with Crippen molar-refractivity contribution < 1.29 is 5.11 Å². The molecule has 13 heavy (non-hydrogen) atoms. The van der Waals surface area contributed by atoms with E-state index in [0.717, 1.165) is 32.1 Å². The number of hydrogen-bond acceptors (Lipinski definition) is 2. The third-order valence-electron chi connectivity index (χ3n) is 2.74. The molecule has 2 heteroatoms. The van der Waals surface area contributed by atoms with E-state index in [1.165, 1.54) is 0 Å². The Labute approximate surface area is 80.7 Å². The first kappa shape index (κ1) is 10.6. The zero-order chi connectivity index (χ0) is 9.68. The Kier molecular flexibility index (Phi) is 4.27. The van der Waals surface area contributed by atoms with Crippen LogP contribution in [0.25, 0.3) is 0 Å². The molecule has 74 valence electrons. The van der Waals surface area contributed by atoms with E-state index in [4.69, 9.17) is 6.42 Å². The van der Waals surface area contributed by atoms with Crippen molar-refractivity contribution in [3.05, 3.63) is 0 Å². The summed E-state index contributed by atoms with van der Waals surface area (Å²) in [4.78, 5) is 0. The number of aliphatic hydroxyl groups is 1. The van der Waals surface area contributed by atoms with Gasteiger partial charge in [0.2, 0.25) is 0 Å². The lowest BCUT2D eigenvalue weighted by atomic mass is 9.92. The summed E-state index contributed by atoms with van der Waals surface area (Å²) in [5.74, 6) is 2.74. The van der Waals surface area contributed by atoms with Crippen LogP contribution in [0.4, 0.5) is 0 Å².